The molecule has 2 heterocycles. The fraction of sp³-hybridized carbons (Fsp3) is 0.0625. The Bertz CT molecular complexity index is 980. The third kappa shape index (κ3) is 3.12. The Morgan fingerprint density at radius 2 is 1.88 bits per heavy atom. The van der Waals surface area contributed by atoms with Crippen LogP contribution in [0.5, 0.6) is 0 Å². The van der Waals surface area contributed by atoms with Crippen LogP contribution in [0.1, 0.15) is 16.1 Å². The fourth-order valence-corrected chi connectivity index (χ4v) is 2.16. The monoisotopic (exact) mass is 333 g/mol. The molecule has 122 valence electrons. The Balaban J connectivity index is 1.87. The van der Waals surface area contributed by atoms with Gasteiger partial charge in [0.15, 0.2) is 0 Å². The average Bonchev–Trinajstić information content (AvgIpc) is 2.53. The van der Waals surface area contributed by atoms with E-state index in [1.807, 2.05) is 6.07 Å². The van der Waals surface area contributed by atoms with Gasteiger partial charge in [-0.2, -0.15) is 13.2 Å². The Morgan fingerprint density at radius 3 is 2.58 bits per heavy atom. The summed E-state index contributed by atoms with van der Waals surface area (Å²) >= 11 is 0. The van der Waals surface area contributed by atoms with Gasteiger partial charge in [-0.1, -0.05) is 18.2 Å². The van der Waals surface area contributed by atoms with Crippen molar-refractivity contribution in [3.63, 3.8) is 0 Å². The summed E-state index contributed by atoms with van der Waals surface area (Å²) in [4.78, 5) is 29.6. The molecule has 0 bridgehead atoms. The molecule has 2 aromatic heterocycles. The molecule has 0 unspecified atom stereocenters. The number of pyridine rings is 2. The summed E-state index contributed by atoms with van der Waals surface area (Å²) in [5.41, 5.74) is -1.69. The highest BCUT2D eigenvalue weighted by Gasteiger charge is 2.32. The van der Waals surface area contributed by atoms with E-state index in [9.17, 15) is 22.8 Å². The summed E-state index contributed by atoms with van der Waals surface area (Å²) in [5.74, 6) is -0.818. The maximum Gasteiger partial charge on any atom is 0.431 e. The molecule has 3 rings (SSSR count). The lowest BCUT2D eigenvalue weighted by molar-refractivity contribution is -0.141. The van der Waals surface area contributed by atoms with Crippen LogP contribution in [0.4, 0.5) is 18.9 Å². The zero-order valence-corrected chi connectivity index (χ0v) is 12.0. The minimum absolute atomic E-state index is 0.331. The number of benzene rings is 1. The normalized spacial score (nSPS) is 11.5. The number of amides is 1. The lowest BCUT2D eigenvalue weighted by atomic mass is 10.2. The highest BCUT2D eigenvalue weighted by Crippen LogP contribution is 2.26. The predicted molar refractivity (Wildman–Crippen MR) is 81.8 cm³/mol. The van der Waals surface area contributed by atoms with Gasteiger partial charge in [0.1, 0.15) is 11.3 Å². The molecule has 0 saturated carbocycles. The topological polar surface area (TPSA) is 74.8 Å². The second-order valence-electron chi connectivity index (χ2n) is 4.98. The second-order valence-corrected chi connectivity index (χ2v) is 4.98. The first-order valence-electron chi connectivity index (χ1n) is 6.81. The van der Waals surface area contributed by atoms with Crippen molar-refractivity contribution in [2.45, 2.75) is 6.18 Å². The molecule has 1 amide bonds. The molecule has 24 heavy (non-hydrogen) atoms. The second kappa shape index (κ2) is 5.80. The lowest BCUT2D eigenvalue weighted by Gasteiger charge is -2.08. The number of H-pyrrole nitrogens is 1. The van der Waals surface area contributed by atoms with Crippen molar-refractivity contribution in [1.82, 2.24) is 9.97 Å². The maximum absolute atomic E-state index is 12.5. The molecule has 0 saturated heterocycles. The molecule has 0 spiro atoms. The molecule has 5 nitrogen and oxygen atoms in total. The maximum atomic E-state index is 12.5. The summed E-state index contributed by atoms with van der Waals surface area (Å²) in [6.45, 7) is 0. The quantitative estimate of drug-likeness (QED) is 0.756. The van der Waals surface area contributed by atoms with Crippen molar-refractivity contribution < 1.29 is 18.0 Å². The van der Waals surface area contributed by atoms with Crippen molar-refractivity contribution >= 4 is 22.5 Å². The summed E-state index contributed by atoms with van der Waals surface area (Å²) < 4.78 is 37.6. The van der Waals surface area contributed by atoms with Gasteiger partial charge in [0, 0.05) is 5.39 Å². The summed E-state index contributed by atoms with van der Waals surface area (Å²) in [5, 5.41) is 3.22. The molecule has 0 aliphatic carbocycles. The van der Waals surface area contributed by atoms with E-state index < -0.39 is 28.9 Å². The highest BCUT2D eigenvalue weighted by molar-refractivity contribution is 6.04. The van der Waals surface area contributed by atoms with E-state index in [1.165, 1.54) is 6.20 Å². The van der Waals surface area contributed by atoms with Crippen LogP contribution in [0.15, 0.2) is 53.5 Å². The number of hydrogen-bond acceptors (Lipinski definition) is 3. The number of nitrogens with zero attached hydrogens (tertiary/aromatic N) is 1. The largest absolute Gasteiger partial charge is 0.431 e. The average molecular weight is 333 g/mol. The van der Waals surface area contributed by atoms with Crippen molar-refractivity contribution in [3.05, 3.63) is 70.3 Å². The number of nitrogens with one attached hydrogen (secondary N) is 2. The predicted octanol–water partition coefficient (Wildman–Crippen LogP) is 3.19. The van der Waals surface area contributed by atoms with E-state index in [-0.39, 0.29) is 0 Å². The van der Waals surface area contributed by atoms with Gasteiger partial charge in [0.05, 0.1) is 17.4 Å². The molecule has 0 aliphatic heterocycles. The SMILES string of the molecule is O=C(Nc1cnc2ccccc2c1)c1ccc(C(F)(F)F)[nH]c1=O. The van der Waals surface area contributed by atoms with Gasteiger partial charge in [-0.25, -0.2) is 0 Å². The van der Waals surface area contributed by atoms with Gasteiger partial charge < -0.3 is 10.3 Å². The van der Waals surface area contributed by atoms with E-state index in [4.69, 9.17) is 0 Å². The molecule has 2 N–H and O–H groups in total. The minimum Gasteiger partial charge on any atom is -0.320 e. The van der Waals surface area contributed by atoms with Gasteiger partial charge in [-0.15, -0.1) is 0 Å². The Kier molecular flexibility index (Phi) is 3.80. The smallest absolute Gasteiger partial charge is 0.320 e. The van der Waals surface area contributed by atoms with Crippen LogP contribution >= 0.6 is 0 Å². The van der Waals surface area contributed by atoms with Crippen LogP contribution in [-0.2, 0) is 6.18 Å². The van der Waals surface area contributed by atoms with Crippen molar-refractivity contribution in [1.29, 1.82) is 0 Å². The van der Waals surface area contributed by atoms with Crippen molar-refractivity contribution in [2.24, 2.45) is 0 Å². The van der Waals surface area contributed by atoms with E-state index in [2.05, 4.69) is 10.3 Å². The summed E-state index contributed by atoms with van der Waals surface area (Å²) in [6, 6.07) is 10.3. The molecule has 3 aromatic rings. The van der Waals surface area contributed by atoms with E-state index >= 15 is 0 Å². The minimum atomic E-state index is -4.68. The Hall–Kier alpha value is -3.16. The zero-order valence-electron chi connectivity index (χ0n) is 12.0. The number of hydrogen-bond donors (Lipinski definition) is 2. The van der Waals surface area contributed by atoms with Crippen LogP contribution in [0.2, 0.25) is 0 Å². The number of anilines is 1. The van der Waals surface area contributed by atoms with Crippen molar-refractivity contribution in [3.8, 4) is 0 Å². The molecule has 0 atom stereocenters. The first-order valence-corrected chi connectivity index (χ1v) is 6.81. The van der Waals surface area contributed by atoms with Crippen LogP contribution in [0.3, 0.4) is 0 Å². The molecular formula is C16H10F3N3O2. The molecule has 0 radical (unpaired) electrons. The van der Waals surface area contributed by atoms with Gasteiger partial charge in [-0.05, 0) is 24.3 Å². The van der Waals surface area contributed by atoms with Gasteiger partial charge >= 0.3 is 6.18 Å². The lowest BCUT2D eigenvalue weighted by Crippen LogP contribution is -2.25. The Morgan fingerprint density at radius 1 is 1.12 bits per heavy atom. The van der Waals surface area contributed by atoms with Gasteiger partial charge in [0.25, 0.3) is 11.5 Å². The van der Waals surface area contributed by atoms with Crippen LogP contribution < -0.4 is 10.9 Å². The zero-order chi connectivity index (χ0) is 17.3. The van der Waals surface area contributed by atoms with E-state index in [0.717, 1.165) is 17.0 Å². The summed E-state index contributed by atoms with van der Waals surface area (Å²) in [6.07, 6.45) is -3.28. The van der Waals surface area contributed by atoms with Crippen LogP contribution in [-0.4, -0.2) is 15.9 Å². The fourth-order valence-electron chi connectivity index (χ4n) is 2.16. The number of para-hydroxylation sites is 1. The number of aromatic nitrogens is 2. The number of carbonyl (C=O) groups excluding carboxylic acids is 1. The molecule has 8 heteroatoms. The highest BCUT2D eigenvalue weighted by atomic mass is 19.4. The number of rotatable bonds is 2. The first-order chi connectivity index (χ1) is 11.3. The third-order valence-corrected chi connectivity index (χ3v) is 3.31. The van der Waals surface area contributed by atoms with E-state index in [1.54, 1.807) is 29.2 Å². The number of halogens is 3. The molecule has 1 aromatic carbocycles. The number of alkyl halides is 3. The van der Waals surface area contributed by atoms with Crippen molar-refractivity contribution in [2.75, 3.05) is 5.32 Å². The summed E-state index contributed by atoms with van der Waals surface area (Å²) in [7, 11) is 0. The standard InChI is InChI=1S/C16H10F3N3O2/c17-16(18,19)13-6-5-11(15(24)22-13)14(23)21-10-7-9-3-1-2-4-12(9)20-8-10/h1-8H,(H,21,23)(H,22,24). The number of aromatic amines is 1. The van der Waals surface area contributed by atoms with Crippen LogP contribution in [0.25, 0.3) is 10.9 Å². The molecule has 0 aliphatic rings. The third-order valence-electron chi connectivity index (χ3n) is 3.31. The Labute approximate surface area is 133 Å². The van der Waals surface area contributed by atoms with Crippen LogP contribution in [0, 0.1) is 0 Å². The van der Waals surface area contributed by atoms with Gasteiger partial charge in [-0.3, -0.25) is 14.6 Å². The van der Waals surface area contributed by atoms with Gasteiger partial charge in [0.2, 0.25) is 0 Å². The molecular weight excluding hydrogens is 323 g/mol. The number of carbonyl (C=O) groups is 1. The number of fused-ring (bicyclic) bond motifs is 1. The molecule has 0 fully saturated rings. The first kappa shape index (κ1) is 15.7. The van der Waals surface area contributed by atoms with E-state index in [0.29, 0.717) is 11.8 Å².